The minimum absolute atomic E-state index is 0.321. The van der Waals surface area contributed by atoms with Crippen LogP contribution in [0.25, 0.3) is 0 Å². The van der Waals surface area contributed by atoms with E-state index in [0.717, 1.165) is 13.0 Å². The van der Waals surface area contributed by atoms with Gasteiger partial charge in [-0.2, -0.15) is 0 Å². The Kier molecular flexibility index (Phi) is 5.85. The fourth-order valence-corrected chi connectivity index (χ4v) is 3.72. The molecule has 1 aromatic carbocycles. The van der Waals surface area contributed by atoms with Gasteiger partial charge >= 0.3 is 0 Å². The minimum atomic E-state index is 0.321. The summed E-state index contributed by atoms with van der Waals surface area (Å²) in [5, 5.41) is 5.87. The molecule has 1 unspecified atom stereocenters. The summed E-state index contributed by atoms with van der Waals surface area (Å²) in [4.78, 5) is 0. The highest BCUT2D eigenvalue weighted by Crippen LogP contribution is 2.28. The zero-order chi connectivity index (χ0) is 13.7. The Bertz CT molecular complexity index is 521. The second-order valence-electron chi connectivity index (χ2n) is 4.67. The summed E-state index contributed by atoms with van der Waals surface area (Å²) in [5.74, 6) is 0. The van der Waals surface area contributed by atoms with Crippen molar-refractivity contribution < 1.29 is 0 Å². The Morgan fingerprint density at radius 1 is 1.21 bits per heavy atom. The van der Waals surface area contributed by atoms with Gasteiger partial charge in [0.25, 0.3) is 0 Å². The van der Waals surface area contributed by atoms with Crippen molar-refractivity contribution in [1.82, 2.24) is 5.32 Å². The van der Waals surface area contributed by atoms with E-state index in [1.807, 2.05) is 11.3 Å². The smallest absolute Gasteiger partial charge is 0.0656 e. The van der Waals surface area contributed by atoms with E-state index in [0.29, 0.717) is 6.04 Å². The first kappa shape index (κ1) is 15.0. The van der Waals surface area contributed by atoms with E-state index in [4.69, 9.17) is 0 Å². The van der Waals surface area contributed by atoms with Gasteiger partial charge in [-0.25, -0.2) is 0 Å². The Hall–Kier alpha value is -0.390. The summed E-state index contributed by atoms with van der Waals surface area (Å²) in [6, 6.07) is 11.6. The summed E-state index contributed by atoms with van der Waals surface area (Å²) in [6.45, 7) is 5.38. The van der Waals surface area contributed by atoms with Crippen molar-refractivity contribution in [2.75, 3.05) is 6.54 Å². The number of rotatable bonds is 6. The van der Waals surface area contributed by atoms with Crippen LogP contribution in [-0.4, -0.2) is 6.54 Å². The Labute approximate surface area is 133 Å². The normalized spacial score (nSPS) is 12.6. The van der Waals surface area contributed by atoms with Crippen molar-refractivity contribution >= 4 is 33.9 Å². The van der Waals surface area contributed by atoms with Gasteiger partial charge in [-0.3, -0.25) is 0 Å². The largest absolute Gasteiger partial charge is 0.307 e. The standard InChI is InChI=1S/C16H20INS/c1-3-6-12-7-5-8-13(9-12)16(18-4-2)14-10-15(17)19-11-14/h5,7-11,16,18H,3-4,6H2,1-2H3. The second-order valence-corrected chi connectivity index (χ2v) is 7.48. The quantitative estimate of drug-likeness (QED) is 0.690. The molecule has 19 heavy (non-hydrogen) atoms. The third-order valence-corrected chi connectivity index (χ3v) is 4.96. The van der Waals surface area contributed by atoms with Gasteiger partial charge in [-0.15, -0.1) is 11.3 Å². The van der Waals surface area contributed by atoms with Crippen LogP contribution < -0.4 is 5.32 Å². The van der Waals surface area contributed by atoms with Crippen LogP contribution in [0.3, 0.4) is 0 Å². The maximum absolute atomic E-state index is 3.60. The molecule has 102 valence electrons. The topological polar surface area (TPSA) is 12.0 Å². The number of aryl methyl sites for hydroxylation is 1. The summed E-state index contributed by atoms with van der Waals surface area (Å²) < 4.78 is 1.35. The lowest BCUT2D eigenvalue weighted by molar-refractivity contribution is 0.631. The summed E-state index contributed by atoms with van der Waals surface area (Å²) in [5.41, 5.74) is 4.19. The van der Waals surface area contributed by atoms with Crippen molar-refractivity contribution in [2.24, 2.45) is 0 Å². The maximum atomic E-state index is 3.60. The van der Waals surface area contributed by atoms with E-state index in [2.05, 4.69) is 77.5 Å². The average Bonchev–Trinajstić information content (AvgIpc) is 2.83. The minimum Gasteiger partial charge on any atom is -0.307 e. The molecule has 0 bridgehead atoms. The van der Waals surface area contributed by atoms with Gasteiger partial charge in [0.2, 0.25) is 0 Å². The Morgan fingerprint density at radius 2 is 2.05 bits per heavy atom. The third kappa shape index (κ3) is 4.04. The molecule has 0 spiro atoms. The molecule has 2 rings (SSSR count). The number of benzene rings is 1. The molecule has 3 heteroatoms. The molecule has 0 aliphatic carbocycles. The lowest BCUT2D eigenvalue weighted by Gasteiger charge is -2.18. The molecule has 0 saturated heterocycles. The number of thiophene rings is 1. The van der Waals surface area contributed by atoms with E-state index < -0.39 is 0 Å². The molecule has 2 aromatic rings. The third-order valence-electron chi connectivity index (χ3n) is 3.15. The number of nitrogens with one attached hydrogen (secondary N) is 1. The van der Waals surface area contributed by atoms with E-state index in [1.165, 1.54) is 26.0 Å². The van der Waals surface area contributed by atoms with Crippen molar-refractivity contribution in [2.45, 2.75) is 32.7 Å². The molecule has 0 aliphatic rings. The van der Waals surface area contributed by atoms with Crippen LogP contribution in [0.15, 0.2) is 35.7 Å². The second kappa shape index (κ2) is 7.41. The van der Waals surface area contributed by atoms with Crippen LogP contribution in [0, 0.1) is 2.88 Å². The summed E-state index contributed by atoms with van der Waals surface area (Å²) in [6.07, 6.45) is 2.36. The molecule has 1 heterocycles. The van der Waals surface area contributed by atoms with E-state index in [9.17, 15) is 0 Å². The highest BCUT2D eigenvalue weighted by Gasteiger charge is 2.14. The number of halogens is 1. The lowest BCUT2D eigenvalue weighted by Crippen LogP contribution is -2.21. The predicted octanol–water partition coefficient (Wildman–Crippen LogP) is 5.00. The fourth-order valence-electron chi connectivity index (χ4n) is 2.32. The molecular formula is C16H20INS. The Morgan fingerprint density at radius 3 is 2.68 bits per heavy atom. The van der Waals surface area contributed by atoms with Crippen LogP contribution in [0.4, 0.5) is 0 Å². The average molecular weight is 385 g/mol. The molecule has 0 saturated carbocycles. The first-order valence-corrected chi connectivity index (χ1v) is 8.76. The van der Waals surface area contributed by atoms with E-state index >= 15 is 0 Å². The SMILES string of the molecule is CCCc1cccc(C(NCC)c2csc(I)c2)c1. The number of hydrogen-bond donors (Lipinski definition) is 1. The molecule has 0 amide bonds. The van der Waals surface area contributed by atoms with Gasteiger partial charge < -0.3 is 5.32 Å². The first-order valence-electron chi connectivity index (χ1n) is 6.80. The van der Waals surface area contributed by atoms with Crippen molar-refractivity contribution in [3.63, 3.8) is 0 Å². The summed E-state index contributed by atoms with van der Waals surface area (Å²) in [7, 11) is 0. The van der Waals surface area contributed by atoms with Gasteiger partial charge in [0.15, 0.2) is 0 Å². The molecule has 1 N–H and O–H groups in total. The highest BCUT2D eigenvalue weighted by molar-refractivity contribution is 14.1. The molecule has 1 nitrogen and oxygen atoms in total. The van der Waals surface area contributed by atoms with Gasteiger partial charge in [0.05, 0.1) is 8.93 Å². The maximum Gasteiger partial charge on any atom is 0.0656 e. The van der Waals surface area contributed by atoms with Crippen molar-refractivity contribution in [3.05, 3.63) is 55.3 Å². The summed E-state index contributed by atoms with van der Waals surface area (Å²) >= 11 is 4.21. The van der Waals surface area contributed by atoms with E-state index in [1.54, 1.807) is 0 Å². The molecular weight excluding hydrogens is 365 g/mol. The molecule has 0 aliphatic heterocycles. The lowest BCUT2D eigenvalue weighted by atomic mass is 9.98. The van der Waals surface area contributed by atoms with Gasteiger partial charge in [0.1, 0.15) is 0 Å². The van der Waals surface area contributed by atoms with E-state index in [-0.39, 0.29) is 0 Å². The Balaban J connectivity index is 2.30. The predicted molar refractivity (Wildman–Crippen MR) is 93.0 cm³/mol. The fraction of sp³-hybridized carbons (Fsp3) is 0.375. The molecule has 0 fully saturated rings. The van der Waals surface area contributed by atoms with Crippen molar-refractivity contribution in [1.29, 1.82) is 0 Å². The monoisotopic (exact) mass is 385 g/mol. The van der Waals surface area contributed by atoms with Gasteiger partial charge in [0, 0.05) is 0 Å². The highest BCUT2D eigenvalue weighted by atomic mass is 127. The van der Waals surface area contributed by atoms with Crippen LogP contribution in [0.5, 0.6) is 0 Å². The van der Waals surface area contributed by atoms with Crippen LogP contribution in [0.2, 0.25) is 0 Å². The van der Waals surface area contributed by atoms with Crippen LogP contribution in [-0.2, 0) is 6.42 Å². The van der Waals surface area contributed by atoms with Crippen LogP contribution in [0.1, 0.15) is 43.0 Å². The molecule has 1 atom stereocenters. The molecule has 1 aromatic heterocycles. The van der Waals surface area contributed by atoms with Gasteiger partial charge in [-0.1, -0.05) is 44.5 Å². The van der Waals surface area contributed by atoms with Crippen LogP contribution >= 0.6 is 33.9 Å². The molecule has 0 radical (unpaired) electrons. The first-order chi connectivity index (χ1) is 9.24. The number of hydrogen-bond acceptors (Lipinski definition) is 2. The van der Waals surface area contributed by atoms with Crippen molar-refractivity contribution in [3.8, 4) is 0 Å². The zero-order valence-electron chi connectivity index (χ0n) is 11.4. The van der Waals surface area contributed by atoms with Gasteiger partial charge in [-0.05, 0) is 63.7 Å². The zero-order valence-corrected chi connectivity index (χ0v) is 14.4.